The number of carboxylic acids is 1. The predicted molar refractivity (Wildman–Crippen MR) is 90.4 cm³/mol. The molecule has 2 fully saturated rings. The van der Waals surface area contributed by atoms with Crippen LogP contribution in [0.1, 0.15) is 36.8 Å². The summed E-state index contributed by atoms with van der Waals surface area (Å²) in [6.45, 7) is 7.46. The quantitative estimate of drug-likeness (QED) is 0.794. The first-order valence-electron chi connectivity index (χ1n) is 8.74. The van der Waals surface area contributed by atoms with E-state index in [1.54, 1.807) is 0 Å². The molecule has 2 N–H and O–H groups in total. The van der Waals surface area contributed by atoms with Crippen LogP contribution in [0.5, 0.6) is 0 Å². The van der Waals surface area contributed by atoms with Gasteiger partial charge in [0.05, 0.1) is 12.2 Å². The van der Waals surface area contributed by atoms with E-state index < -0.39 is 12.1 Å². The number of hydrogen-bond acceptors (Lipinski definition) is 4. The molecule has 1 aromatic rings. The van der Waals surface area contributed by atoms with Gasteiger partial charge in [-0.05, 0) is 31.4 Å². The van der Waals surface area contributed by atoms with Gasteiger partial charge in [0.25, 0.3) is 0 Å². The van der Waals surface area contributed by atoms with Crippen LogP contribution < -0.4 is 10.2 Å². The number of nitrogens with one attached hydrogen (secondary N) is 1. The van der Waals surface area contributed by atoms with Crippen molar-refractivity contribution in [3.8, 4) is 0 Å². The Morgan fingerprint density at radius 2 is 2.00 bits per heavy atom. The molecule has 0 saturated carbocycles. The molecular weight excluding hydrogens is 349 g/mol. The van der Waals surface area contributed by atoms with E-state index in [0.717, 1.165) is 19.7 Å². The summed E-state index contributed by atoms with van der Waals surface area (Å²) in [6, 6.07) is 6.82. The molecule has 0 aromatic heterocycles. The molecule has 1 aromatic carbocycles. The summed E-state index contributed by atoms with van der Waals surface area (Å²) < 4.78 is 38.0. The number of rotatable bonds is 1. The van der Waals surface area contributed by atoms with Crippen molar-refractivity contribution in [2.24, 2.45) is 0 Å². The number of carboxylic acid groups (broad SMARTS) is 1. The Morgan fingerprint density at radius 1 is 1.35 bits per heavy atom. The fourth-order valence-electron chi connectivity index (χ4n) is 3.96. The minimum atomic E-state index is -5.08. The van der Waals surface area contributed by atoms with Gasteiger partial charge in [-0.3, -0.25) is 0 Å². The van der Waals surface area contributed by atoms with E-state index in [1.807, 2.05) is 0 Å². The second-order valence-corrected chi connectivity index (χ2v) is 7.13. The lowest BCUT2D eigenvalue weighted by Gasteiger charge is -2.38. The number of aliphatic carboxylic acids is 1. The number of benzene rings is 1. The van der Waals surface area contributed by atoms with Gasteiger partial charge in [-0.2, -0.15) is 13.2 Å². The molecule has 3 heterocycles. The van der Waals surface area contributed by atoms with Gasteiger partial charge in [0.2, 0.25) is 0 Å². The molecule has 2 atom stereocenters. The summed E-state index contributed by atoms with van der Waals surface area (Å²) in [5.74, 6) is -2.24. The van der Waals surface area contributed by atoms with E-state index in [0.29, 0.717) is 5.92 Å². The van der Waals surface area contributed by atoms with Crippen LogP contribution in [0.15, 0.2) is 18.2 Å². The summed E-state index contributed by atoms with van der Waals surface area (Å²) >= 11 is 0. The average Bonchev–Trinajstić information content (AvgIpc) is 3.23. The molecule has 26 heavy (non-hydrogen) atoms. The molecule has 0 spiro atoms. The molecule has 0 aliphatic carbocycles. The number of nitrogens with zero attached hydrogens (tertiary/aromatic N) is 1. The van der Waals surface area contributed by atoms with Crippen molar-refractivity contribution in [1.82, 2.24) is 5.32 Å². The highest BCUT2D eigenvalue weighted by atomic mass is 19.4. The Kier molecular flexibility index (Phi) is 5.16. The lowest BCUT2D eigenvalue weighted by Crippen LogP contribution is -2.40. The standard InChI is InChI=1S/C16H22N2O.C2HF3O2/c1-16-11-17-9-14(16)12-5-4-6-15(13(12)10-19-16)18-7-2-3-8-18;3-2(4,5)1(6)7/h4-6,14,17H,2-3,7-11H2,1H3;(H,6,7). The van der Waals surface area contributed by atoms with E-state index in [2.05, 4.69) is 35.3 Å². The molecule has 0 radical (unpaired) electrons. The summed E-state index contributed by atoms with van der Waals surface area (Å²) in [5, 5.41) is 10.6. The van der Waals surface area contributed by atoms with Gasteiger partial charge < -0.3 is 20.1 Å². The van der Waals surface area contributed by atoms with Crippen molar-refractivity contribution in [1.29, 1.82) is 0 Å². The van der Waals surface area contributed by atoms with E-state index in [-0.39, 0.29) is 5.60 Å². The normalized spacial score (nSPS) is 27.4. The zero-order valence-electron chi connectivity index (χ0n) is 14.6. The zero-order valence-corrected chi connectivity index (χ0v) is 14.6. The fourth-order valence-corrected chi connectivity index (χ4v) is 3.96. The smallest absolute Gasteiger partial charge is 0.475 e. The van der Waals surface area contributed by atoms with Gasteiger partial charge in [0.1, 0.15) is 0 Å². The monoisotopic (exact) mass is 372 g/mol. The van der Waals surface area contributed by atoms with E-state index >= 15 is 0 Å². The minimum Gasteiger partial charge on any atom is -0.475 e. The third-order valence-electron chi connectivity index (χ3n) is 5.36. The van der Waals surface area contributed by atoms with Crippen LogP contribution in [0.3, 0.4) is 0 Å². The maximum absolute atomic E-state index is 10.6. The van der Waals surface area contributed by atoms with Crippen molar-refractivity contribution >= 4 is 11.7 Å². The van der Waals surface area contributed by atoms with E-state index in [9.17, 15) is 13.2 Å². The second-order valence-electron chi connectivity index (χ2n) is 7.13. The largest absolute Gasteiger partial charge is 0.490 e. The van der Waals surface area contributed by atoms with Crippen LogP contribution in [0.2, 0.25) is 0 Å². The first kappa shape index (κ1) is 19.0. The molecule has 4 rings (SSSR count). The maximum atomic E-state index is 10.6. The van der Waals surface area contributed by atoms with Crippen molar-refractivity contribution < 1.29 is 27.8 Å². The third kappa shape index (κ3) is 3.66. The Bertz CT molecular complexity index is 674. The Labute approximate surface area is 150 Å². The Hall–Kier alpha value is -1.80. The lowest BCUT2D eigenvalue weighted by atomic mass is 9.81. The van der Waals surface area contributed by atoms with Gasteiger partial charge in [-0.25, -0.2) is 4.79 Å². The summed E-state index contributed by atoms with van der Waals surface area (Å²) in [5.41, 5.74) is 4.37. The topological polar surface area (TPSA) is 61.8 Å². The number of carbonyl (C=O) groups is 1. The summed E-state index contributed by atoms with van der Waals surface area (Å²) in [7, 11) is 0. The molecule has 2 saturated heterocycles. The Morgan fingerprint density at radius 3 is 2.62 bits per heavy atom. The van der Waals surface area contributed by atoms with Gasteiger partial charge >= 0.3 is 12.1 Å². The molecule has 8 heteroatoms. The number of ether oxygens (including phenoxy) is 1. The van der Waals surface area contributed by atoms with Crippen LogP contribution in [0, 0.1) is 0 Å². The molecule has 2 unspecified atom stereocenters. The maximum Gasteiger partial charge on any atom is 0.490 e. The SMILES string of the molecule is CC12CNCC1c1cccc(N3CCCC3)c1CO2.O=C(O)C(F)(F)F. The van der Waals surface area contributed by atoms with Crippen LogP contribution in [0.4, 0.5) is 18.9 Å². The minimum absolute atomic E-state index is 0.00334. The zero-order chi connectivity index (χ0) is 18.9. The van der Waals surface area contributed by atoms with Crippen molar-refractivity contribution in [2.75, 3.05) is 31.1 Å². The van der Waals surface area contributed by atoms with Gasteiger partial charge in [0.15, 0.2) is 0 Å². The lowest BCUT2D eigenvalue weighted by molar-refractivity contribution is -0.192. The Balaban J connectivity index is 0.000000242. The highest BCUT2D eigenvalue weighted by molar-refractivity contribution is 5.73. The molecule has 3 aliphatic heterocycles. The molecule has 3 aliphatic rings. The highest BCUT2D eigenvalue weighted by Gasteiger charge is 2.45. The fraction of sp³-hybridized carbons (Fsp3) is 0.611. The van der Waals surface area contributed by atoms with Crippen molar-refractivity contribution in [2.45, 2.75) is 44.1 Å². The van der Waals surface area contributed by atoms with E-state index in [4.69, 9.17) is 14.6 Å². The summed E-state index contributed by atoms with van der Waals surface area (Å²) in [6.07, 6.45) is -2.43. The van der Waals surface area contributed by atoms with Crippen molar-refractivity contribution in [3.63, 3.8) is 0 Å². The molecule has 0 amide bonds. The second kappa shape index (κ2) is 7.08. The van der Waals surface area contributed by atoms with Crippen LogP contribution >= 0.6 is 0 Å². The van der Waals surface area contributed by atoms with E-state index in [1.165, 1.54) is 42.7 Å². The van der Waals surface area contributed by atoms with Gasteiger partial charge in [-0.15, -0.1) is 0 Å². The van der Waals surface area contributed by atoms with Gasteiger partial charge in [0, 0.05) is 43.3 Å². The number of anilines is 1. The molecular formula is C18H23F3N2O3. The molecule has 5 nitrogen and oxygen atoms in total. The number of alkyl halides is 3. The number of hydrogen-bond donors (Lipinski definition) is 2. The number of fused-ring (bicyclic) bond motifs is 3. The molecule has 0 bridgehead atoms. The number of halogens is 3. The highest BCUT2D eigenvalue weighted by Crippen LogP contribution is 2.44. The summed E-state index contributed by atoms with van der Waals surface area (Å²) in [4.78, 5) is 11.4. The van der Waals surface area contributed by atoms with Crippen LogP contribution in [0.25, 0.3) is 0 Å². The average molecular weight is 372 g/mol. The van der Waals surface area contributed by atoms with Crippen LogP contribution in [-0.2, 0) is 16.1 Å². The first-order valence-corrected chi connectivity index (χ1v) is 8.74. The first-order chi connectivity index (χ1) is 12.2. The van der Waals surface area contributed by atoms with Crippen LogP contribution in [-0.4, -0.2) is 49.0 Å². The predicted octanol–water partition coefficient (Wildman–Crippen LogP) is 2.90. The molecule has 144 valence electrons. The third-order valence-corrected chi connectivity index (χ3v) is 5.36. The van der Waals surface area contributed by atoms with Crippen molar-refractivity contribution in [3.05, 3.63) is 29.3 Å². The van der Waals surface area contributed by atoms with Gasteiger partial charge in [-0.1, -0.05) is 12.1 Å².